The van der Waals surface area contributed by atoms with E-state index in [1.165, 1.54) is 27.8 Å². The third-order valence-electron chi connectivity index (χ3n) is 5.22. The first-order chi connectivity index (χ1) is 15.4. The van der Waals surface area contributed by atoms with Gasteiger partial charge >= 0.3 is 0 Å². The summed E-state index contributed by atoms with van der Waals surface area (Å²) in [6, 6.07) is 7.57. The van der Waals surface area contributed by atoms with Crippen molar-refractivity contribution in [1.82, 2.24) is 14.3 Å². The molecule has 1 aliphatic heterocycles. The second kappa shape index (κ2) is 8.34. The molecule has 2 aromatic heterocycles. The van der Waals surface area contributed by atoms with Crippen molar-refractivity contribution in [3.8, 4) is 0 Å². The third-order valence-corrected chi connectivity index (χ3v) is 10.4. The molecule has 32 heavy (non-hydrogen) atoms. The summed E-state index contributed by atoms with van der Waals surface area (Å²) in [7, 11) is -3.92. The normalized spacial score (nSPS) is 17.4. The molecule has 0 radical (unpaired) electrons. The molecular weight excluding hydrogens is 492 g/mol. The molecule has 166 valence electrons. The van der Waals surface area contributed by atoms with E-state index in [-0.39, 0.29) is 11.4 Å². The maximum absolute atomic E-state index is 13.2. The molecule has 1 aliphatic rings. The number of nitrogens with zero attached hydrogens (tertiary/aromatic N) is 3. The highest BCUT2D eigenvalue weighted by atomic mass is 32.2. The van der Waals surface area contributed by atoms with Gasteiger partial charge in [-0.1, -0.05) is 23.1 Å². The van der Waals surface area contributed by atoms with Gasteiger partial charge in [0.05, 0.1) is 25.3 Å². The van der Waals surface area contributed by atoms with E-state index in [9.17, 15) is 17.6 Å². The Kier molecular flexibility index (Phi) is 5.66. The number of hydrogen-bond acceptors (Lipinski definition) is 8. The number of fused-ring (bicyclic) bond motifs is 3. The molecule has 1 amide bonds. The number of halogens is 1. The molecule has 1 saturated heterocycles. The van der Waals surface area contributed by atoms with Crippen LogP contribution in [0.25, 0.3) is 20.4 Å². The second-order valence-electron chi connectivity index (χ2n) is 7.18. The standard InChI is InChI=1S/C20H17FN4O3S4/c1-29-20-23-14-9-8-13-16(17(14)31-20)30-19(22-13)24-18(26)15-3-2-10-25(15)32(27,28)12-6-4-11(21)5-7-12/h4-9,15H,2-3,10H2,1H3,(H,22,24,26). The molecule has 12 heteroatoms. The largest absolute Gasteiger partial charge is 0.301 e. The van der Waals surface area contributed by atoms with Crippen LogP contribution in [-0.4, -0.2) is 47.4 Å². The predicted molar refractivity (Wildman–Crippen MR) is 127 cm³/mol. The number of carbonyl (C=O) groups excluding carboxylic acids is 1. The van der Waals surface area contributed by atoms with Crippen molar-refractivity contribution in [2.75, 3.05) is 18.1 Å². The van der Waals surface area contributed by atoms with E-state index >= 15 is 0 Å². The zero-order valence-corrected chi connectivity index (χ0v) is 20.0. The summed E-state index contributed by atoms with van der Waals surface area (Å²) >= 11 is 4.51. The van der Waals surface area contributed by atoms with Gasteiger partial charge in [0.15, 0.2) is 9.47 Å². The third kappa shape index (κ3) is 3.79. The van der Waals surface area contributed by atoms with E-state index in [1.807, 2.05) is 18.4 Å². The Balaban J connectivity index is 1.41. The summed E-state index contributed by atoms with van der Waals surface area (Å²) in [6.07, 6.45) is 2.95. The van der Waals surface area contributed by atoms with Crippen molar-refractivity contribution in [3.63, 3.8) is 0 Å². The van der Waals surface area contributed by atoms with Crippen molar-refractivity contribution >= 4 is 75.9 Å². The van der Waals surface area contributed by atoms with Crippen molar-refractivity contribution < 1.29 is 17.6 Å². The molecule has 1 atom stereocenters. The summed E-state index contributed by atoms with van der Waals surface area (Å²) in [4.78, 5) is 22.1. The van der Waals surface area contributed by atoms with Crippen LogP contribution in [0.15, 0.2) is 45.6 Å². The van der Waals surface area contributed by atoms with E-state index < -0.39 is 27.8 Å². The molecule has 0 aliphatic carbocycles. The van der Waals surface area contributed by atoms with Crippen molar-refractivity contribution in [3.05, 3.63) is 42.2 Å². The molecule has 5 rings (SSSR count). The zero-order chi connectivity index (χ0) is 22.5. The lowest BCUT2D eigenvalue weighted by atomic mass is 10.2. The maximum Gasteiger partial charge on any atom is 0.244 e. The van der Waals surface area contributed by atoms with Crippen LogP contribution in [0.4, 0.5) is 9.52 Å². The first-order valence-corrected chi connectivity index (χ1v) is 14.0. The second-order valence-corrected chi connectivity index (χ2v) is 12.1. The van der Waals surface area contributed by atoms with E-state index in [2.05, 4.69) is 15.3 Å². The van der Waals surface area contributed by atoms with Crippen LogP contribution in [-0.2, 0) is 14.8 Å². The first kappa shape index (κ1) is 21.7. The Labute approximate surface area is 195 Å². The molecule has 1 N–H and O–H groups in total. The lowest BCUT2D eigenvalue weighted by Gasteiger charge is -2.23. The van der Waals surface area contributed by atoms with Crippen LogP contribution < -0.4 is 5.32 Å². The molecule has 4 aromatic rings. The summed E-state index contributed by atoms with van der Waals surface area (Å²) in [6.45, 7) is 0.233. The molecule has 7 nitrogen and oxygen atoms in total. The van der Waals surface area contributed by atoms with Gasteiger partial charge in [0, 0.05) is 6.54 Å². The van der Waals surface area contributed by atoms with Crippen LogP contribution in [0.5, 0.6) is 0 Å². The number of sulfonamides is 1. The maximum atomic E-state index is 13.2. The average Bonchev–Trinajstić information content (AvgIpc) is 3.50. The highest BCUT2D eigenvalue weighted by Gasteiger charge is 2.39. The smallest absolute Gasteiger partial charge is 0.244 e. The topological polar surface area (TPSA) is 92.3 Å². The molecule has 0 saturated carbocycles. The van der Waals surface area contributed by atoms with E-state index in [1.54, 1.807) is 23.1 Å². The zero-order valence-electron chi connectivity index (χ0n) is 16.7. The summed E-state index contributed by atoms with van der Waals surface area (Å²) in [5, 5.41) is 3.22. The van der Waals surface area contributed by atoms with Gasteiger partial charge in [0.2, 0.25) is 15.9 Å². The number of carbonyl (C=O) groups is 1. The monoisotopic (exact) mass is 508 g/mol. The van der Waals surface area contributed by atoms with E-state index in [0.29, 0.717) is 18.0 Å². The minimum Gasteiger partial charge on any atom is -0.301 e. The van der Waals surface area contributed by atoms with Gasteiger partial charge in [0.1, 0.15) is 11.9 Å². The molecular formula is C20H17FN4O3S4. The van der Waals surface area contributed by atoms with E-state index in [4.69, 9.17) is 0 Å². The predicted octanol–water partition coefficient (Wildman–Crippen LogP) is 4.56. The Hall–Kier alpha value is -2.12. The molecule has 1 fully saturated rings. The van der Waals surface area contributed by atoms with Crippen LogP contribution in [0.1, 0.15) is 12.8 Å². The van der Waals surface area contributed by atoms with Gasteiger partial charge in [0.25, 0.3) is 0 Å². The van der Waals surface area contributed by atoms with Crippen molar-refractivity contribution in [2.24, 2.45) is 0 Å². The van der Waals surface area contributed by atoms with Crippen LogP contribution in [0.3, 0.4) is 0 Å². The number of thioether (sulfide) groups is 1. The summed E-state index contributed by atoms with van der Waals surface area (Å²) in [5.74, 6) is -0.937. The Bertz CT molecular complexity index is 1430. The molecule has 0 spiro atoms. The number of amides is 1. The number of hydrogen-bond donors (Lipinski definition) is 1. The Morgan fingerprint density at radius 3 is 2.53 bits per heavy atom. The summed E-state index contributed by atoms with van der Waals surface area (Å²) < 4.78 is 43.4. The molecule has 1 unspecified atom stereocenters. The van der Waals surface area contributed by atoms with E-state index in [0.717, 1.165) is 36.9 Å². The Morgan fingerprint density at radius 1 is 1.12 bits per heavy atom. The number of rotatable bonds is 5. The fourth-order valence-electron chi connectivity index (χ4n) is 3.71. The molecule has 2 aromatic carbocycles. The van der Waals surface area contributed by atoms with Gasteiger partial charge in [-0.15, -0.1) is 11.3 Å². The number of aromatic nitrogens is 2. The fraction of sp³-hybridized carbons (Fsp3) is 0.250. The lowest BCUT2D eigenvalue weighted by molar-refractivity contribution is -0.119. The van der Waals surface area contributed by atoms with Crippen LogP contribution in [0, 0.1) is 5.82 Å². The van der Waals surface area contributed by atoms with Crippen molar-refractivity contribution in [2.45, 2.75) is 28.1 Å². The minimum atomic E-state index is -3.92. The molecule has 0 bridgehead atoms. The minimum absolute atomic E-state index is 0.0317. The van der Waals surface area contributed by atoms with Gasteiger partial charge in [-0.05, 0) is 55.5 Å². The quantitative estimate of drug-likeness (QED) is 0.398. The average molecular weight is 509 g/mol. The Morgan fingerprint density at radius 2 is 1.81 bits per heavy atom. The number of nitrogens with one attached hydrogen (secondary N) is 1. The number of thiazole rings is 2. The molecule has 3 heterocycles. The summed E-state index contributed by atoms with van der Waals surface area (Å²) in [5.41, 5.74) is 1.65. The van der Waals surface area contributed by atoms with Crippen molar-refractivity contribution in [1.29, 1.82) is 0 Å². The van der Waals surface area contributed by atoms with Crippen LogP contribution >= 0.6 is 34.4 Å². The number of anilines is 1. The van der Waals surface area contributed by atoms with Gasteiger partial charge in [-0.3, -0.25) is 4.79 Å². The fourth-order valence-corrected chi connectivity index (χ4v) is 8.03. The highest BCUT2D eigenvalue weighted by Crippen LogP contribution is 2.38. The first-order valence-electron chi connectivity index (χ1n) is 9.69. The van der Waals surface area contributed by atoms with Crippen LogP contribution in [0.2, 0.25) is 0 Å². The van der Waals surface area contributed by atoms with Gasteiger partial charge in [-0.25, -0.2) is 22.8 Å². The van der Waals surface area contributed by atoms with Gasteiger partial charge in [-0.2, -0.15) is 4.31 Å². The highest BCUT2D eigenvalue weighted by molar-refractivity contribution is 8.00. The SMILES string of the molecule is CSc1nc2ccc3nc(NC(=O)C4CCCN4S(=O)(=O)c4ccc(F)cc4)sc3c2s1. The van der Waals surface area contributed by atoms with Gasteiger partial charge < -0.3 is 5.32 Å². The number of benzene rings is 2. The lowest BCUT2D eigenvalue weighted by Crippen LogP contribution is -2.43.